The van der Waals surface area contributed by atoms with E-state index in [4.69, 9.17) is 10.2 Å². The van der Waals surface area contributed by atoms with Gasteiger partial charge in [0.15, 0.2) is 0 Å². The van der Waals surface area contributed by atoms with Crippen LogP contribution in [0.4, 0.5) is 9.59 Å². The summed E-state index contributed by atoms with van der Waals surface area (Å²) in [4.78, 5) is 20.4. The van der Waals surface area contributed by atoms with E-state index in [2.05, 4.69) is 0 Å². The maximum absolute atomic E-state index is 10.2. The Balaban J connectivity index is 4.09. The molecule has 0 saturated heterocycles. The first-order valence-corrected chi connectivity index (χ1v) is 4.01. The summed E-state index contributed by atoms with van der Waals surface area (Å²) in [5.74, 6) is 0. The van der Waals surface area contributed by atoms with Crippen molar-refractivity contribution in [1.29, 1.82) is 0 Å². The predicted octanol–water partition coefficient (Wildman–Crippen LogP) is -0.341. The SMILES string of the molecule is C[C@H](NC(=O)O)C(O)[C@@H](C)NC(=O)O. The molecule has 0 fully saturated rings. The van der Waals surface area contributed by atoms with E-state index in [9.17, 15) is 14.7 Å². The molecule has 0 aromatic heterocycles. The Morgan fingerprint density at radius 3 is 1.50 bits per heavy atom. The molecule has 0 spiro atoms. The van der Waals surface area contributed by atoms with Gasteiger partial charge in [-0.05, 0) is 13.8 Å². The fourth-order valence-electron chi connectivity index (χ4n) is 0.993. The Morgan fingerprint density at radius 1 is 1.00 bits per heavy atom. The number of aliphatic hydroxyl groups is 1. The smallest absolute Gasteiger partial charge is 0.404 e. The number of carboxylic acid groups (broad SMARTS) is 2. The van der Waals surface area contributed by atoms with Crippen LogP contribution in [0.15, 0.2) is 0 Å². The zero-order valence-corrected chi connectivity index (χ0v) is 7.89. The summed E-state index contributed by atoms with van der Waals surface area (Å²) >= 11 is 0. The minimum absolute atomic E-state index is 0.741. The van der Waals surface area contributed by atoms with E-state index in [0.29, 0.717) is 0 Å². The summed E-state index contributed by atoms with van der Waals surface area (Å²) in [6.45, 7) is 2.89. The van der Waals surface area contributed by atoms with Crippen molar-refractivity contribution in [1.82, 2.24) is 10.6 Å². The van der Waals surface area contributed by atoms with Gasteiger partial charge in [0.25, 0.3) is 0 Å². The molecule has 0 rings (SSSR count). The highest BCUT2D eigenvalue weighted by atomic mass is 16.4. The van der Waals surface area contributed by atoms with Crippen LogP contribution in [0.1, 0.15) is 13.8 Å². The molecule has 0 aromatic carbocycles. The lowest BCUT2D eigenvalue weighted by Gasteiger charge is -2.24. The van der Waals surface area contributed by atoms with Crippen LogP contribution in [-0.2, 0) is 0 Å². The molecule has 0 bridgehead atoms. The normalized spacial score (nSPS) is 16.5. The van der Waals surface area contributed by atoms with E-state index in [1.54, 1.807) is 0 Å². The van der Waals surface area contributed by atoms with Crippen molar-refractivity contribution in [3.05, 3.63) is 0 Å². The third-order valence-corrected chi connectivity index (χ3v) is 1.73. The number of nitrogens with one attached hydrogen (secondary N) is 2. The molecule has 0 aromatic rings. The van der Waals surface area contributed by atoms with Gasteiger partial charge in [0, 0.05) is 0 Å². The van der Waals surface area contributed by atoms with Crippen LogP contribution in [-0.4, -0.2) is 45.7 Å². The van der Waals surface area contributed by atoms with Crippen molar-refractivity contribution >= 4 is 12.2 Å². The molecule has 7 nitrogen and oxygen atoms in total. The van der Waals surface area contributed by atoms with Crippen molar-refractivity contribution in [2.24, 2.45) is 0 Å². The van der Waals surface area contributed by atoms with E-state index in [-0.39, 0.29) is 0 Å². The Kier molecular flexibility index (Phi) is 4.71. The Labute approximate surface area is 80.7 Å². The van der Waals surface area contributed by atoms with Gasteiger partial charge in [-0.1, -0.05) is 0 Å². The van der Waals surface area contributed by atoms with Gasteiger partial charge in [-0.3, -0.25) is 0 Å². The monoisotopic (exact) mass is 206 g/mol. The minimum atomic E-state index is -1.26. The van der Waals surface area contributed by atoms with E-state index in [0.717, 1.165) is 0 Å². The van der Waals surface area contributed by atoms with E-state index in [1.165, 1.54) is 13.8 Å². The second-order valence-electron chi connectivity index (χ2n) is 2.97. The molecular formula is C7H14N2O5. The maximum Gasteiger partial charge on any atom is 0.404 e. The van der Waals surface area contributed by atoms with Crippen LogP contribution >= 0.6 is 0 Å². The first kappa shape index (κ1) is 12.5. The number of aliphatic hydroxyl groups excluding tert-OH is 1. The van der Waals surface area contributed by atoms with Crippen molar-refractivity contribution in [2.45, 2.75) is 32.0 Å². The molecule has 0 saturated carbocycles. The first-order chi connectivity index (χ1) is 6.34. The first-order valence-electron chi connectivity index (χ1n) is 4.01. The fraction of sp³-hybridized carbons (Fsp3) is 0.714. The zero-order valence-electron chi connectivity index (χ0n) is 7.89. The number of amides is 2. The summed E-state index contributed by atoms with van der Waals surface area (Å²) in [5, 5.41) is 30.2. The summed E-state index contributed by atoms with van der Waals surface area (Å²) in [6.07, 6.45) is -3.64. The standard InChI is InChI=1S/C7H14N2O5/c1-3(8-6(11)12)5(10)4(2)9-7(13)14/h3-5,8-10H,1-2H3,(H,11,12)(H,13,14)/t3-,4+,5?. The van der Waals surface area contributed by atoms with Crippen molar-refractivity contribution < 1.29 is 24.9 Å². The molecule has 14 heavy (non-hydrogen) atoms. The summed E-state index contributed by atoms with van der Waals surface area (Å²) < 4.78 is 0. The van der Waals surface area contributed by atoms with Crippen LogP contribution in [0.5, 0.6) is 0 Å². The highest BCUT2D eigenvalue weighted by Crippen LogP contribution is 1.99. The van der Waals surface area contributed by atoms with E-state index < -0.39 is 30.4 Å². The lowest BCUT2D eigenvalue weighted by atomic mass is 10.1. The van der Waals surface area contributed by atoms with E-state index in [1.807, 2.05) is 10.6 Å². The second-order valence-corrected chi connectivity index (χ2v) is 2.97. The number of carbonyl (C=O) groups is 2. The van der Waals surface area contributed by atoms with Gasteiger partial charge in [-0.15, -0.1) is 0 Å². The van der Waals surface area contributed by atoms with Gasteiger partial charge in [0.1, 0.15) is 0 Å². The van der Waals surface area contributed by atoms with Crippen LogP contribution in [0.3, 0.4) is 0 Å². The van der Waals surface area contributed by atoms with Crippen molar-refractivity contribution in [3.8, 4) is 0 Å². The van der Waals surface area contributed by atoms with Gasteiger partial charge in [0.2, 0.25) is 0 Å². The van der Waals surface area contributed by atoms with Crippen LogP contribution in [0.2, 0.25) is 0 Å². The molecule has 5 N–H and O–H groups in total. The summed E-state index contributed by atoms with van der Waals surface area (Å²) in [7, 11) is 0. The van der Waals surface area contributed by atoms with Crippen LogP contribution in [0.25, 0.3) is 0 Å². The molecule has 3 atom stereocenters. The molecule has 1 unspecified atom stereocenters. The summed E-state index contributed by atoms with van der Waals surface area (Å²) in [5.41, 5.74) is 0. The van der Waals surface area contributed by atoms with Gasteiger partial charge in [-0.25, -0.2) is 9.59 Å². The topological polar surface area (TPSA) is 119 Å². The number of hydrogen-bond donors (Lipinski definition) is 5. The van der Waals surface area contributed by atoms with Crippen LogP contribution < -0.4 is 10.6 Å². The molecule has 0 aliphatic heterocycles. The van der Waals surface area contributed by atoms with Gasteiger partial charge in [0.05, 0.1) is 18.2 Å². The van der Waals surface area contributed by atoms with Crippen LogP contribution in [0, 0.1) is 0 Å². The molecular weight excluding hydrogens is 192 g/mol. The Bertz CT molecular complexity index is 198. The highest BCUT2D eigenvalue weighted by molar-refractivity contribution is 5.65. The predicted molar refractivity (Wildman–Crippen MR) is 47.3 cm³/mol. The average Bonchev–Trinajstić information content (AvgIpc) is 2.00. The largest absolute Gasteiger partial charge is 0.465 e. The molecule has 0 heterocycles. The lowest BCUT2D eigenvalue weighted by Crippen LogP contribution is -2.51. The van der Waals surface area contributed by atoms with Gasteiger partial charge < -0.3 is 26.0 Å². The molecule has 0 radical (unpaired) electrons. The third-order valence-electron chi connectivity index (χ3n) is 1.73. The quantitative estimate of drug-likeness (QED) is 0.431. The van der Waals surface area contributed by atoms with Crippen molar-refractivity contribution in [2.75, 3.05) is 0 Å². The second kappa shape index (κ2) is 5.28. The molecule has 82 valence electrons. The molecule has 7 heteroatoms. The average molecular weight is 206 g/mol. The Hall–Kier alpha value is -1.50. The van der Waals surface area contributed by atoms with E-state index >= 15 is 0 Å². The number of hydrogen-bond acceptors (Lipinski definition) is 3. The fourth-order valence-corrected chi connectivity index (χ4v) is 0.993. The minimum Gasteiger partial charge on any atom is -0.465 e. The van der Waals surface area contributed by atoms with Crippen molar-refractivity contribution in [3.63, 3.8) is 0 Å². The van der Waals surface area contributed by atoms with Gasteiger partial charge in [-0.2, -0.15) is 0 Å². The number of rotatable bonds is 4. The highest BCUT2D eigenvalue weighted by Gasteiger charge is 2.23. The molecule has 0 aliphatic carbocycles. The summed E-state index contributed by atoms with van der Waals surface area (Å²) in [6, 6.07) is -1.48. The van der Waals surface area contributed by atoms with Gasteiger partial charge >= 0.3 is 12.2 Å². The molecule has 0 aliphatic rings. The third kappa shape index (κ3) is 4.51. The Morgan fingerprint density at radius 2 is 1.29 bits per heavy atom. The molecule has 2 amide bonds. The lowest BCUT2D eigenvalue weighted by molar-refractivity contribution is 0.0936. The zero-order chi connectivity index (χ0) is 11.3. The maximum atomic E-state index is 10.2.